The molecule has 3 aromatic rings. The van der Waals surface area contributed by atoms with E-state index in [4.69, 9.17) is 17.0 Å². The average Bonchev–Trinajstić information content (AvgIpc) is 3.22. The maximum atomic E-state index is 12.8. The summed E-state index contributed by atoms with van der Waals surface area (Å²) in [6.07, 6.45) is 2.20. The molecule has 0 spiro atoms. The first-order chi connectivity index (χ1) is 14.5. The van der Waals surface area contributed by atoms with Gasteiger partial charge in [-0.3, -0.25) is 4.79 Å². The van der Waals surface area contributed by atoms with E-state index < -0.39 is 0 Å². The number of anilines is 1. The van der Waals surface area contributed by atoms with E-state index >= 15 is 0 Å². The van der Waals surface area contributed by atoms with Crippen molar-refractivity contribution in [2.75, 3.05) is 18.5 Å². The third-order valence-corrected chi connectivity index (χ3v) is 5.85. The summed E-state index contributed by atoms with van der Waals surface area (Å²) >= 11 is 5.72. The lowest BCUT2D eigenvalue weighted by Gasteiger charge is -2.28. The molecule has 1 aliphatic rings. The molecule has 1 fully saturated rings. The Labute approximate surface area is 182 Å². The standard InChI is InChI=1S/C24H27N3O2S/c1-16-11-17(2)22-18(12-16)13-19(23(28)26-22)14-27(15-21-9-6-10-29-21)24(30)25-20-7-4-3-5-8-20/h3-5,7-8,11-13,21H,6,9-10,14-15H2,1-2H3,(H,25,30)(H,26,28)/t21-/m1/s1. The van der Waals surface area contributed by atoms with E-state index in [1.54, 1.807) is 0 Å². The van der Waals surface area contributed by atoms with E-state index in [0.29, 0.717) is 23.8 Å². The number of nitrogens with one attached hydrogen (secondary N) is 2. The first-order valence-corrected chi connectivity index (χ1v) is 10.8. The van der Waals surface area contributed by atoms with Gasteiger partial charge >= 0.3 is 0 Å². The largest absolute Gasteiger partial charge is 0.376 e. The number of aromatic nitrogens is 1. The fraction of sp³-hybridized carbons (Fsp3) is 0.333. The first kappa shape index (κ1) is 20.6. The van der Waals surface area contributed by atoms with E-state index in [-0.39, 0.29) is 11.7 Å². The van der Waals surface area contributed by atoms with Crippen LogP contribution in [-0.4, -0.2) is 34.3 Å². The Morgan fingerprint density at radius 2 is 2.03 bits per heavy atom. The van der Waals surface area contributed by atoms with Gasteiger partial charge in [0.2, 0.25) is 0 Å². The molecule has 6 heteroatoms. The number of hydrogen-bond donors (Lipinski definition) is 2. The van der Waals surface area contributed by atoms with Gasteiger partial charge in [0.05, 0.1) is 18.2 Å². The van der Waals surface area contributed by atoms with Crippen molar-refractivity contribution < 1.29 is 4.74 Å². The van der Waals surface area contributed by atoms with Crippen LogP contribution >= 0.6 is 12.2 Å². The van der Waals surface area contributed by atoms with E-state index in [9.17, 15) is 4.79 Å². The fourth-order valence-electron chi connectivity index (χ4n) is 4.03. The molecule has 1 atom stereocenters. The lowest BCUT2D eigenvalue weighted by atomic mass is 10.1. The van der Waals surface area contributed by atoms with E-state index in [1.165, 1.54) is 5.56 Å². The molecule has 2 N–H and O–H groups in total. The Kier molecular flexibility index (Phi) is 6.16. The number of aryl methyl sites for hydroxylation is 2. The topological polar surface area (TPSA) is 57.4 Å². The molecule has 1 aliphatic heterocycles. The number of rotatable bonds is 5. The second-order valence-corrected chi connectivity index (χ2v) is 8.37. The minimum absolute atomic E-state index is 0.0747. The maximum absolute atomic E-state index is 12.8. The molecule has 0 amide bonds. The van der Waals surface area contributed by atoms with Crippen LogP contribution in [0.15, 0.2) is 53.3 Å². The number of fused-ring (bicyclic) bond motifs is 1. The smallest absolute Gasteiger partial charge is 0.253 e. The second-order valence-electron chi connectivity index (χ2n) is 7.98. The van der Waals surface area contributed by atoms with Crippen LogP contribution in [0, 0.1) is 13.8 Å². The molecule has 0 saturated carbocycles. The quantitative estimate of drug-likeness (QED) is 0.593. The number of aromatic amines is 1. The van der Waals surface area contributed by atoms with Crippen molar-refractivity contribution in [2.45, 2.75) is 39.3 Å². The molecule has 4 rings (SSSR count). The van der Waals surface area contributed by atoms with Crippen molar-refractivity contribution in [2.24, 2.45) is 0 Å². The van der Waals surface area contributed by atoms with Gasteiger partial charge in [-0.2, -0.15) is 0 Å². The highest BCUT2D eigenvalue weighted by molar-refractivity contribution is 7.80. The summed E-state index contributed by atoms with van der Waals surface area (Å²) in [5.74, 6) is 0. The van der Waals surface area contributed by atoms with Crippen LogP contribution in [0.3, 0.4) is 0 Å². The number of para-hydroxylation sites is 1. The van der Waals surface area contributed by atoms with Gasteiger partial charge in [-0.1, -0.05) is 29.8 Å². The third-order valence-electron chi connectivity index (χ3n) is 5.49. The molecule has 0 unspecified atom stereocenters. The number of H-pyrrole nitrogens is 1. The SMILES string of the molecule is Cc1cc(C)c2[nH]c(=O)c(CN(C[C@H]3CCCO3)C(=S)Nc3ccccc3)cc2c1. The third kappa shape index (κ3) is 4.71. The zero-order chi connectivity index (χ0) is 21.1. The Morgan fingerprint density at radius 3 is 2.77 bits per heavy atom. The number of pyridine rings is 1. The summed E-state index contributed by atoms with van der Waals surface area (Å²) in [7, 11) is 0. The average molecular weight is 422 g/mol. The van der Waals surface area contributed by atoms with Gasteiger partial charge < -0.3 is 19.9 Å². The number of nitrogens with zero attached hydrogens (tertiary/aromatic N) is 1. The minimum atomic E-state index is -0.0747. The molecule has 0 bridgehead atoms. The van der Waals surface area contributed by atoms with Crippen LogP contribution in [0.5, 0.6) is 0 Å². The monoisotopic (exact) mass is 421 g/mol. The Balaban J connectivity index is 1.62. The van der Waals surface area contributed by atoms with Gasteiger partial charge in [0, 0.05) is 24.4 Å². The van der Waals surface area contributed by atoms with Crippen molar-refractivity contribution >= 4 is 33.9 Å². The van der Waals surface area contributed by atoms with Gasteiger partial charge in [-0.25, -0.2) is 0 Å². The molecule has 2 heterocycles. The summed E-state index contributed by atoms with van der Waals surface area (Å²) in [5.41, 5.74) is 4.70. The molecule has 2 aromatic carbocycles. The van der Waals surface area contributed by atoms with Crippen LogP contribution in [0.1, 0.15) is 29.5 Å². The molecular formula is C24H27N3O2S. The number of thiocarbonyl (C=S) groups is 1. The molecule has 156 valence electrons. The Bertz CT molecular complexity index is 1100. The van der Waals surface area contributed by atoms with Crippen molar-refractivity contribution in [3.63, 3.8) is 0 Å². The van der Waals surface area contributed by atoms with Crippen LogP contribution < -0.4 is 10.9 Å². The van der Waals surface area contributed by atoms with Crippen molar-refractivity contribution in [1.29, 1.82) is 0 Å². The van der Waals surface area contributed by atoms with Crippen molar-refractivity contribution in [1.82, 2.24) is 9.88 Å². The highest BCUT2D eigenvalue weighted by Gasteiger charge is 2.22. The van der Waals surface area contributed by atoms with E-state index in [1.807, 2.05) is 48.2 Å². The lowest BCUT2D eigenvalue weighted by Crippen LogP contribution is -2.40. The van der Waals surface area contributed by atoms with Gasteiger partial charge in [0.25, 0.3) is 5.56 Å². The van der Waals surface area contributed by atoms with Gasteiger partial charge in [-0.15, -0.1) is 0 Å². The van der Waals surface area contributed by atoms with Crippen LogP contribution in [-0.2, 0) is 11.3 Å². The number of hydrogen-bond acceptors (Lipinski definition) is 3. The lowest BCUT2D eigenvalue weighted by molar-refractivity contribution is 0.0904. The van der Waals surface area contributed by atoms with Crippen molar-refractivity contribution in [3.05, 3.63) is 75.6 Å². The van der Waals surface area contributed by atoms with Crippen molar-refractivity contribution in [3.8, 4) is 0 Å². The summed E-state index contributed by atoms with van der Waals surface area (Å²) in [6, 6.07) is 16.0. The molecule has 1 saturated heterocycles. The van der Waals surface area contributed by atoms with Crippen LogP contribution in [0.25, 0.3) is 10.9 Å². The molecule has 5 nitrogen and oxygen atoms in total. The van der Waals surface area contributed by atoms with E-state index in [2.05, 4.69) is 29.4 Å². The first-order valence-electron chi connectivity index (χ1n) is 10.4. The Morgan fingerprint density at radius 1 is 1.23 bits per heavy atom. The van der Waals surface area contributed by atoms with Crippen LogP contribution in [0.4, 0.5) is 5.69 Å². The maximum Gasteiger partial charge on any atom is 0.253 e. The zero-order valence-electron chi connectivity index (χ0n) is 17.4. The molecular weight excluding hydrogens is 394 g/mol. The molecule has 0 aliphatic carbocycles. The second kappa shape index (κ2) is 8.98. The van der Waals surface area contributed by atoms with Gasteiger partial charge in [0.15, 0.2) is 5.11 Å². The normalized spacial score (nSPS) is 16.0. The minimum Gasteiger partial charge on any atom is -0.376 e. The predicted octanol–water partition coefficient (Wildman–Crippen LogP) is 4.52. The highest BCUT2D eigenvalue weighted by atomic mass is 32.1. The molecule has 1 aromatic heterocycles. The number of benzene rings is 2. The van der Waals surface area contributed by atoms with E-state index in [0.717, 1.165) is 41.6 Å². The highest BCUT2D eigenvalue weighted by Crippen LogP contribution is 2.20. The molecule has 30 heavy (non-hydrogen) atoms. The summed E-state index contributed by atoms with van der Waals surface area (Å²) < 4.78 is 5.84. The predicted molar refractivity (Wildman–Crippen MR) is 126 cm³/mol. The zero-order valence-corrected chi connectivity index (χ0v) is 18.2. The summed E-state index contributed by atoms with van der Waals surface area (Å²) in [6.45, 7) is 5.96. The summed E-state index contributed by atoms with van der Waals surface area (Å²) in [4.78, 5) is 18.0. The number of ether oxygens (including phenoxy) is 1. The summed E-state index contributed by atoms with van der Waals surface area (Å²) in [5, 5.41) is 4.94. The molecule has 0 radical (unpaired) electrons. The Hall–Kier alpha value is -2.70. The van der Waals surface area contributed by atoms with Gasteiger partial charge in [-0.05, 0) is 74.1 Å². The van der Waals surface area contributed by atoms with Crippen LogP contribution in [0.2, 0.25) is 0 Å². The fourth-order valence-corrected chi connectivity index (χ4v) is 4.29. The van der Waals surface area contributed by atoms with Gasteiger partial charge in [0.1, 0.15) is 0 Å².